The molecule has 2 aromatic heterocycles. The Morgan fingerprint density at radius 2 is 1.95 bits per heavy atom. The van der Waals surface area contributed by atoms with Gasteiger partial charge < -0.3 is 20.7 Å². The molecule has 1 amide bonds. The molecular formula is C29H27F3N6O2. The van der Waals surface area contributed by atoms with Crippen LogP contribution in [-0.2, 0) is 4.79 Å². The maximum Gasteiger partial charge on any atom is 0.409 e. The Bertz CT molecular complexity index is 1550. The minimum Gasteiger partial charge on any atom is -0.437 e. The Kier molecular flexibility index (Phi) is 7.92. The number of rotatable bonds is 7. The Hall–Kier alpha value is -4.51. The summed E-state index contributed by atoms with van der Waals surface area (Å²) in [7, 11) is 0. The van der Waals surface area contributed by atoms with Crippen LogP contribution in [0.1, 0.15) is 18.4 Å². The number of benzene rings is 2. The van der Waals surface area contributed by atoms with Gasteiger partial charge in [-0.2, -0.15) is 13.2 Å². The van der Waals surface area contributed by atoms with Gasteiger partial charge in [-0.25, -0.2) is 15.0 Å². The van der Waals surface area contributed by atoms with E-state index in [1.54, 1.807) is 42.7 Å². The van der Waals surface area contributed by atoms with Gasteiger partial charge in [-0.1, -0.05) is 24.3 Å². The molecule has 0 aliphatic carbocycles. The van der Waals surface area contributed by atoms with Gasteiger partial charge in [-0.15, -0.1) is 0 Å². The number of aromatic nitrogens is 3. The van der Waals surface area contributed by atoms with Gasteiger partial charge in [0.1, 0.15) is 5.75 Å². The molecule has 0 saturated carbocycles. The fourth-order valence-corrected chi connectivity index (χ4v) is 4.53. The SMILES string of the molecule is Cc1ccc2c(NC(=O)/C=C/C(F)(F)F)cccc2c1Oc1ncccc1-c1ccnc(N[C@H]2CCCNC2)n1. The number of alkyl halides is 3. The van der Waals surface area contributed by atoms with Crippen LogP contribution in [-0.4, -0.2) is 46.2 Å². The molecule has 2 aromatic carbocycles. The van der Waals surface area contributed by atoms with Gasteiger partial charge in [0.05, 0.1) is 11.3 Å². The van der Waals surface area contributed by atoms with Gasteiger partial charge in [-0.05, 0) is 56.1 Å². The van der Waals surface area contributed by atoms with Crippen molar-refractivity contribution in [3.8, 4) is 22.9 Å². The molecule has 1 aliphatic heterocycles. The highest BCUT2D eigenvalue weighted by Gasteiger charge is 2.23. The second kappa shape index (κ2) is 11.7. The minimum absolute atomic E-state index is 0.102. The fraction of sp³-hybridized carbons (Fsp3) is 0.241. The summed E-state index contributed by atoms with van der Waals surface area (Å²) in [5.74, 6) is 0.448. The number of nitrogens with one attached hydrogen (secondary N) is 3. The zero-order chi connectivity index (χ0) is 28.1. The van der Waals surface area contributed by atoms with Gasteiger partial charge in [0.2, 0.25) is 17.7 Å². The number of fused-ring (bicyclic) bond motifs is 1. The van der Waals surface area contributed by atoms with Crippen molar-refractivity contribution in [1.82, 2.24) is 20.3 Å². The molecule has 0 radical (unpaired) electrons. The van der Waals surface area contributed by atoms with Gasteiger partial charge >= 0.3 is 6.18 Å². The molecule has 5 rings (SSSR count). The summed E-state index contributed by atoms with van der Waals surface area (Å²) in [6.45, 7) is 3.72. The van der Waals surface area contributed by atoms with Crippen molar-refractivity contribution >= 4 is 28.3 Å². The third-order valence-electron chi connectivity index (χ3n) is 6.42. The largest absolute Gasteiger partial charge is 0.437 e. The number of carbonyl (C=O) groups excluding carboxylic acids is 1. The molecular weight excluding hydrogens is 521 g/mol. The number of allylic oxidation sites excluding steroid dienone is 1. The van der Waals surface area contributed by atoms with E-state index >= 15 is 0 Å². The zero-order valence-electron chi connectivity index (χ0n) is 21.6. The maximum atomic E-state index is 12.5. The first-order valence-electron chi connectivity index (χ1n) is 12.8. The van der Waals surface area contributed by atoms with Crippen LogP contribution >= 0.6 is 0 Å². The highest BCUT2D eigenvalue weighted by atomic mass is 19.4. The van der Waals surface area contributed by atoms with Gasteiger partial charge in [0, 0.05) is 53.6 Å². The molecule has 8 nitrogen and oxygen atoms in total. The monoisotopic (exact) mass is 548 g/mol. The first-order valence-corrected chi connectivity index (χ1v) is 12.8. The number of pyridine rings is 1. The van der Waals surface area contributed by atoms with Crippen molar-refractivity contribution in [2.75, 3.05) is 23.7 Å². The highest BCUT2D eigenvalue weighted by molar-refractivity contribution is 6.07. The summed E-state index contributed by atoms with van der Waals surface area (Å²) in [6, 6.07) is 14.4. The van der Waals surface area contributed by atoms with Gasteiger partial charge in [0.25, 0.3) is 0 Å². The van der Waals surface area contributed by atoms with E-state index in [1.807, 2.05) is 25.1 Å². The van der Waals surface area contributed by atoms with E-state index in [0.29, 0.717) is 51.4 Å². The van der Waals surface area contributed by atoms with E-state index in [-0.39, 0.29) is 12.1 Å². The average Bonchev–Trinajstić information content (AvgIpc) is 2.94. The molecule has 0 spiro atoms. The van der Waals surface area contributed by atoms with Crippen molar-refractivity contribution in [1.29, 1.82) is 0 Å². The molecule has 0 unspecified atom stereocenters. The number of ether oxygens (including phenoxy) is 1. The van der Waals surface area contributed by atoms with E-state index in [2.05, 4.69) is 25.9 Å². The van der Waals surface area contributed by atoms with Crippen molar-refractivity contribution in [2.24, 2.45) is 0 Å². The van der Waals surface area contributed by atoms with E-state index in [1.165, 1.54) is 0 Å². The molecule has 3 N–H and O–H groups in total. The highest BCUT2D eigenvalue weighted by Crippen LogP contribution is 2.38. The summed E-state index contributed by atoms with van der Waals surface area (Å²) < 4.78 is 43.8. The van der Waals surface area contributed by atoms with Crippen molar-refractivity contribution in [3.05, 3.63) is 78.6 Å². The summed E-state index contributed by atoms with van der Waals surface area (Å²) in [6.07, 6.45) is 1.19. The van der Waals surface area contributed by atoms with Gasteiger partial charge in [0.15, 0.2) is 0 Å². The first-order chi connectivity index (χ1) is 19.3. The van der Waals surface area contributed by atoms with Crippen molar-refractivity contribution in [2.45, 2.75) is 32.0 Å². The first kappa shape index (κ1) is 27.1. The Morgan fingerprint density at radius 3 is 2.75 bits per heavy atom. The smallest absolute Gasteiger partial charge is 0.409 e. The summed E-state index contributed by atoms with van der Waals surface area (Å²) >= 11 is 0. The fourth-order valence-electron chi connectivity index (χ4n) is 4.53. The minimum atomic E-state index is -4.58. The van der Waals surface area contributed by atoms with Crippen LogP contribution in [0.25, 0.3) is 22.0 Å². The lowest BCUT2D eigenvalue weighted by Crippen LogP contribution is -2.38. The number of halogens is 3. The molecule has 3 heterocycles. The lowest BCUT2D eigenvalue weighted by molar-refractivity contribution is -0.112. The van der Waals surface area contributed by atoms with Gasteiger partial charge in [-0.3, -0.25) is 4.79 Å². The standard InChI is InChI=1S/C29H27F3N6O2/c1-18-9-10-20-21(6-2-8-23(20)37-25(39)11-13-29(30,31)32)26(18)40-27-22(7-4-15-34-27)24-12-16-35-28(38-24)36-19-5-3-14-33-17-19/h2,4,6-13,15-16,19,33H,3,5,14,17H2,1H3,(H,37,39)(H,35,36,38)/b13-11+/t19-/m0/s1. The molecule has 1 aliphatic rings. The molecule has 206 valence electrons. The van der Waals surface area contributed by atoms with Crippen LogP contribution in [0.2, 0.25) is 0 Å². The summed E-state index contributed by atoms with van der Waals surface area (Å²) in [4.78, 5) is 25.7. The second-order valence-corrected chi connectivity index (χ2v) is 9.39. The Balaban J connectivity index is 1.45. The van der Waals surface area contributed by atoms with E-state index in [9.17, 15) is 18.0 Å². The molecule has 40 heavy (non-hydrogen) atoms. The van der Waals surface area contributed by atoms with Crippen LogP contribution in [0.15, 0.2) is 73.1 Å². The number of hydrogen-bond acceptors (Lipinski definition) is 7. The van der Waals surface area contributed by atoms with E-state index < -0.39 is 12.1 Å². The predicted octanol–water partition coefficient (Wildman–Crippen LogP) is 6.01. The average molecular weight is 549 g/mol. The molecule has 1 saturated heterocycles. The summed E-state index contributed by atoms with van der Waals surface area (Å²) in [5, 5.41) is 10.5. The quantitative estimate of drug-likeness (QED) is 0.243. The third kappa shape index (κ3) is 6.55. The molecule has 0 bridgehead atoms. The second-order valence-electron chi connectivity index (χ2n) is 9.39. The van der Waals surface area contributed by atoms with Crippen LogP contribution in [0.4, 0.5) is 24.8 Å². The zero-order valence-corrected chi connectivity index (χ0v) is 21.6. The molecule has 1 fully saturated rings. The number of aryl methyl sites for hydroxylation is 1. The number of piperidine rings is 1. The molecule has 1 atom stereocenters. The third-order valence-corrected chi connectivity index (χ3v) is 6.42. The van der Waals surface area contributed by atoms with Crippen LogP contribution < -0.4 is 20.7 Å². The topological polar surface area (TPSA) is 101 Å². The Labute approximate surface area is 228 Å². The number of amides is 1. The Morgan fingerprint density at radius 1 is 1.07 bits per heavy atom. The molecule has 4 aromatic rings. The number of nitrogens with zero attached hydrogens (tertiary/aromatic N) is 3. The van der Waals surface area contributed by atoms with E-state index in [4.69, 9.17) is 9.72 Å². The predicted molar refractivity (Wildman–Crippen MR) is 147 cm³/mol. The number of carbonyl (C=O) groups is 1. The van der Waals surface area contributed by atoms with Crippen LogP contribution in [0.5, 0.6) is 11.6 Å². The van der Waals surface area contributed by atoms with Crippen molar-refractivity contribution < 1.29 is 22.7 Å². The lowest BCUT2D eigenvalue weighted by atomic mass is 10.0. The van der Waals surface area contributed by atoms with Crippen molar-refractivity contribution in [3.63, 3.8) is 0 Å². The number of hydrogen-bond donors (Lipinski definition) is 3. The normalized spacial score (nSPS) is 15.8. The molecule has 11 heteroatoms. The van der Waals surface area contributed by atoms with Crippen LogP contribution in [0.3, 0.4) is 0 Å². The lowest BCUT2D eigenvalue weighted by Gasteiger charge is -2.23. The summed E-state index contributed by atoms with van der Waals surface area (Å²) in [5.41, 5.74) is 2.45. The van der Waals surface area contributed by atoms with Crippen LogP contribution in [0, 0.1) is 6.92 Å². The van der Waals surface area contributed by atoms with E-state index in [0.717, 1.165) is 31.5 Å². The maximum absolute atomic E-state index is 12.5. The number of anilines is 2.